The molecule has 2 rings (SSSR count). The molecule has 0 aliphatic rings. The summed E-state index contributed by atoms with van der Waals surface area (Å²) in [6.45, 7) is 0. The maximum absolute atomic E-state index is 10.7. The smallest absolute Gasteiger partial charge is 0.485 e. The molecule has 2 aromatic carbocycles. The molecule has 0 aliphatic heterocycles. The van der Waals surface area contributed by atoms with Gasteiger partial charge in [-0.05, 0) is 0 Å². The van der Waals surface area contributed by atoms with E-state index in [1.54, 1.807) is 0 Å². The third kappa shape index (κ3) is 6.45. The van der Waals surface area contributed by atoms with Crippen molar-refractivity contribution in [1.82, 2.24) is 0 Å². The Morgan fingerprint density at radius 1 is 0.913 bits per heavy atom. The van der Waals surface area contributed by atoms with Crippen LogP contribution in [0.15, 0.2) is 60.7 Å². The fourth-order valence-electron chi connectivity index (χ4n) is 1.36. The summed E-state index contributed by atoms with van der Waals surface area (Å²) in [6, 6.07) is 21.0. The van der Waals surface area contributed by atoms with Gasteiger partial charge in [-0.3, -0.25) is 0 Å². The molecule has 23 heavy (non-hydrogen) atoms. The average molecular weight is 461 g/mol. The first-order valence-corrected chi connectivity index (χ1v) is 10.5. The van der Waals surface area contributed by atoms with Gasteiger partial charge in [0.2, 0.25) is 0 Å². The molecule has 0 bridgehead atoms. The van der Waals surface area contributed by atoms with Gasteiger partial charge in [0.25, 0.3) is 0 Å². The summed E-state index contributed by atoms with van der Waals surface area (Å²) in [7, 11) is -4.28. The number of alkyl halides is 3. The van der Waals surface area contributed by atoms with E-state index in [4.69, 9.17) is 16.0 Å². The Bertz CT molecular complexity index is 651. The van der Waals surface area contributed by atoms with Crippen molar-refractivity contribution in [3.63, 3.8) is 0 Å². The van der Waals surface area contributed by atoms with E-state index < -0.39 is 35.9 Å². The van der Waals surface area contributed by atoms with Crippen LogP contribution in [0.1, 0.15) is 0 Å². The molecule has 128 valence electrons. The van der Waals surface area contributed by atoms with Crippen molar-refractivity contribution in [1.29, 1.82) is 0 Å². The summed E-state index contributed by atoms with van der Waals surface area (Å²) >= 11 is -1.62. The van der Waals surface area contributed by atoms with E-state index in [9.17, 15) is 13.2 Å². The van der Waals surface area contributed by atoms with Crippen LogP contribution in [0.2, 0.25) is 0 Å². The Labute approximate surface area is 140 Å². The second kappa shape index (κ2) is 8.62. The second-order valence-electron chi connectivity index (χ2n) is 3.89. The Balaban J connectivity index is 0.000000284. The summed E-state index contributed by atoms with van der Waals surface area (Å²) in [4.78, 5) is 0. The van der Waals surface area contributed by atoms with Crippen LogP contribution < -0.4 is 0 Å². The second-order valence-corrected chi connectivity index (χ2v) is 10.1. The van der Waals surface area contributed by atoms with Crippen LogP contribution in [0.4, 0.5) is 13.2 Å². The zero-order valence-corrected chi connectivity index (χ0v) is 14.8. The normalized spacial score (nSPS) is 12.1. The summed E-state index contributed by atoms with van der Waals surface area (Å²) in [5, 5.41) is 0. The molecule has 2 aromatic rings. The molecule has 0 saturated carbocycles. The van der Waals surface area contributed by atoms with Crippen molar-refractivity contribution in [3.05, 3.63) is 67.8 Å². The van der Waals surface area contributed by atoms with Gasteiger partial charge >= 0.3 is 104 Å². The van der Waals surface area contributed by atoms with Crippen LogP contribution in [0.25, 0.3) is 0 Å². The molecule has 0 N–H and O–H groups in total. The summed E-state index contributed by atoms with van der Waals surface area (Å²) < 4.78 is 67.3. The summed E-state index contributed by atoms with van der Waals surface area (Å²) in [5.74, 6) is 0. The van der Waals surface area contributed by atoms with Gasteiger partial charge in [0.05, 0.1) is 0 Å². The molecular weight excluding hydrogens is 448 g/mol. The van der Waals surface area contributed by atoms with Crippen LogP contribution in [-0.4, -0.2) is 25.6 Å². The van der Waals surface area contributed by atoms with E-state index in [0.29, 0.717) is 0 Å². The molecule has 0 spiro atoms. The third-order valence-corrected chi connectivity index (χ3v) is 7.45. The molecule has 4 nitrogen and oxygen atoms in total. The fourth-order valence-corrected chi connectivity index (χ4v) is 5.24. The minimum atomic E-state index is -6.09. The van der Waals surface area contributed by atoms with Crippen molar-refractivity contribution in [2.24, 2.45) is 0 Å². The van der Waals surface area contributed by atoms with Crippen LogP contribution in [0.5, 0.6) is 0 Å². The average Bonchev–Trinajstić information content (AvgIpc) is 2.49. The number of halogens is 4. The molecule has 0 radical (unpaired) electrons. The first-order valence-electron chi connectivity index (χ1n) is 6.03. The Hall–Kier alpha value is -1.17. The summed E-state index contributed by atoms with van der Waals surface area (Å²) in [5.41, 5.74) is -5.65. The monoisotopic (exact) mass is 461 g/mol. The van der Waals surface area contributed by atoms with Gasteiger partial charge in [-0.15, -0.1) is 0 Å². The molecule has 0 unspecified atom stereocenters. The molecule has 0 aliphatic carbocycles. The van der Waals surface area contributed by atoms with E-state index >= 15 is 0 Å². The van der Waals surface area contributed by atoms with Gasteiger partial charge in [-0.2, -0.15) is 13.2 Å². The van der Waals surface area contributed by atoms with Crippen molar-refractivity contribution in [2.45, 2.75) is 5.51 Å². The van der Waals surface area contributed by atoms with E-state index in [1.165, 1.54) is 7.14 Å². The Morgan fingerprint density at radius 3 is 1.43 bits per heavy atom. The molecule has 0 aromatic heterocycles. The van der Waals surface area contributed by atoms with Crippen molar-refractivity contribution in [3.8, 4) is 0 Å². The van der Waals surface area contributed by atoms with Crippen molar-refractivity contribution < 1.29 is 29.2 Å². The Kier molecular flexibility index (Phi) is 7.45. The molecule has 0 saturated heterocycles. The Morgan fingerprint density at radius 2 is 1.22 bits per heavy atom. The molecule has 0 atom stereocenters. The third-order valence-electron chi connectivity index (χ3n) is 2.30. The summed E-state index contributed by atoms with van der Waals surface area (Å²) in [6.07, 6.45) is 0. The standard InChI is InChI=1S/C13H13IO.CHF3O3S/c1-15-14(12-8-4-2-5-9-12)13-10-6-3-7-11-13;2-1(3,4)8(5,6)7/h2-11H,1H3;(H,5,6,7)/p-1. The van der Waals surface area contributed by atoms with Gasteiger partial charge in [0.1, 0.15) is 0 Å². The largest absolute Gasteiger partial charge is 0.741 e. The zero-order valence-electron chi connectivity index (χ0n) is 11.8. The number of benzene rings is 2. The van der Waals surface area contributed by atoms with Crippen LogP contribution in [-0.2, 0) is 13.2 Å². The van der Waals surface area contributed by atoms with Crippen molar-refractivity contribution >= 4 is 30.4 Å². The number of rotatable bonds is 3. The molecule has 0 amide bonds. The van der Waals surface area contributed by atoms with E-state index in [0.717, 1.165) is 0 Å². The number of hydrogen-bond acceptors (Lipinski definition) is 4. The molecular formula is C14H13F3IO4S-. The van der Waals surface area contributed by atoms with Gasteiger partial charge in [-0.25, -0.2) is 8.42 Å². The fraction of sp³-hybridized carbons (Fsp3) is 0.143. The maximum Gasteiger partial charge on any atom is 0.485 e. The minimum Gasteiger partial charge on any atom is -0.741 e. The first-order chi connectivity index (χ1) is 10.7. The van der Waals surface area contributed by atoms with Crippen molar-refractivity contribution in [2.75, 3.05) is 7.11 Å². The minimum absolute atomic E-state index is 1.34. The van der Waals surface area contributed by atoms with Gasteiger partial charge in [0, 0.05) is 0 Å². The van der Waals surface area contributed by atoms with E-state index in [2.05, 4.69) is 48.5 Å². The van der Waals surface area contributed by atoms with Gasteiger partial charge < -0.3 is 4.55 Å². The maximum atomic E-state index is 10.7. The van der Waals surface area contributed by atoms with Gasteiger partial charge in [0.15, 0.2) is 10.1 Å². The predicted octanol–water partition coefficient (Wildman–Crippen LogP) is 3.85. The molecule has 9 heteroatoms. The van der Waals surface area contributed by atoms with Crippen LogP contribution >= 0.6 is 20.2 Å². The zero-order chi connectivity index (χ0) is 17.5. The molecule has 0 fully saturated rings. The molecule has 0 heterocycles. The van der Waals surface area contributed by atoms with Crippen LogP contribution in [0.3, 0.4) is 0 Å². The SMILES string of the molecule is COI(c1ccccc1)c1ccccc1.O=S(=O)([O-])C(F)(F)F. The van der Waals surface area contributed by atoms with Gasteiger partial charge in [-0.1, -0.05) is 0 Å². The first kappa shape index (κ1) is 19.9. The number of hydrogen-bond donors (Lipinski definition) is 0. The van der Waals surface area contributed by atoms with E-state index in [1.807, 2.05) is 19.2 Å². The quantitative estimate of drug-likeness (QED) is 0.396. The van der Waals surface area contributed by atoms with E-state index in [-0.39, 0.29) is 0 Å². The topological polar surface area (TPSA) is 66.4 Å². The van der Waals surface area contributed by atoms with Crippen LogP contribution in [0, 0.1) is 7.14 Å². The predicted molar refractivity (Wildman–Crippen MR) is 87.1 cm³/mol.